The van der Waals surface area contributed by atoms with Crippen LogP contribution in [0.1, 0.15) is 70.4 Å². The molecule has 0 aliphatic heterocycles. The second-order valence-electron chi connectivity index (χ2n) is 11.4. The maximum atomic E-state index is 11.1. The van der Waals surface area contributed by atoms with Crippen molar-refractivity contribution in [3.05, 3.63) is 29.3 Å². The molecule has 0 saturated heterocycles. The lowest BCUT2D eigenvalue weighted by molar-refractivity contribution is -0.0426. The average molecular weight is 403 g/mol. The van der Waals surface area contributed by atoms with Gasteiger partial charge in [-0.3, -0.25) is 0 Å². The third-order valence-electron chi connectivity index (χ3n) is 8.87. The normalized spacial score (nSPS) is 37.9. The van der Waals surface area contributed by atoms with Crippen LogP contribution in [0.25, 0.3) is 0 Å². The molecule has 2 saturated carbocycles. The number of benzene rings is 1. The van der Waals surface area contributed by atoms with Crippen LogP contribution in [0.15, 0.2) is 18.2 Å². The standard InChI is InChI=1S/C24H38O3Si/c1-23(2,3)28(5,6)27-22-21(26)14-20-19-9-7-15-13-16(25)8-10-17(15)18(19)11-12-24(20,22)4/h8,10,13,18-22,25-26H,7,9,11-12,14H2,1-6H3/t18?,19?,20?,21-,22+,24+/m1/s1. The Morgan fingerprint density at radius 2 is 1.89 bits per heavy atom. The number of phenols is 1. The Bertz CT molecular complexity index is 753. The minimum atomic E-state index is -1.93. The molecular formula is C24H38O3Si. The lowest BCUT2D eigenvalue weighted by Crippen LogP contribution is -2.52. The monoisotopic (exact) mass is 402 g/mol. The maximum Gasteiger partial charge on any atom is 0.192 e. The SMILES string of the molecule is CC(C)(C)[Si](C)(C)O[C@H]1[C@H](O)CC2C3CCc4cc(O)ccc4C3CC[C@@]21C. The fraction of sp³-hybridized carbons (Fsp3) is 0.750. The van der Waals surface area contributed by atoms with Gasteiger partial charge in [0.25, 0.3) is 0 Å². The average Bonchev–Trinajstić information content (AvgIpc) is 2.84. The summed E-state index contributed by atoms with van der Waals surface area (Å²) in [6, 6.07) is 5.97. The molecule has 3 unspecified atom stereocenters. The Labute approximate surface area is 171 Å². The van der Waals surface area contributed by atoms with Crippen LogP contribution in [-0.2, 0) is 10.8 Å². The number of aromatic hydroxyl groups is 1. The van der Waals surface area contributed by atoms with Crippen LogP contribution in [0.2, 0.25) is 18.1 Å². The van der Waals surface area contributed by atoms with Gasteiger partial charge in [0.15, 0.2) is 8.32 Å². The minimum Gasteiger partial charge on any atom is -0.508 e. The van der Waals surface area contributed by atoms with Crippen LogP contribution in [0.5, 0.6) is 5.75 Å². The van der Waals surface area contributed by atoms with E-state index in [0.717, 1.165) is 19.3 Å². The fourth-order valence-corrected chi connectivity index (χ4v) is 7.66. The first kappa shape index (κ1) is 20.4. The number of rotatable bonds is 2. The van der Waals surface area contributed by atoms with Crippen molar-refractivity contribution in [2.75, 3.05) is 0 Å². The minimum absolute atomic E-state index is 0.0273. The highest BCUT2D eigenvalue weighted by Gasteiger charge is 2.60. The Kier molecular flexibility index (Phi) is 4.80. The van der Waals surface area contributed by atoms with Crippen molar-refractivity contribution in [1.29, 1.82) is 0 Å². The van der Waals surface area contributed by atoms with Crippen LogP contribution >= 0.6 is 0 Å². The summed E-state index contributed by atoms with van der Waals surface area (Å²) in [5.74, 6) is 2.11. The number of aliphatic hydroxyl groups is 1. The summed E-state index contributed by atoms with van der Waals surface area (Å²) >= 11 is 0. The van der Waals surface area contributed by atoms with E-state index < -0.39 is 8.32 Å². The molecule has 3 aliphatic rings. The lowest BCUT2D eigenvalue weighted by atomic mass is 9.55. The van der Waals surface area contributed by atoms with E-state index in [1.54, 1.807) is 0 Å². The zero-order valence-electron chi connectivity index (χ0n) is 18.5. The van der Waals surface area contributed by atoms with E-state index in [1.807, 2.05) is 12.1 Å². The first-order chi connectivity index (χ1) is 12.9. The Balaban J connectivity index is 1.62. The van der Waals surface area contributed by atoms with Crippen molar-refractivity contribution >= 4 is 8.32 Å². The molecule has 156 valence electrons. The molecule has 2 N–H and O–H groups in total. The van der Waals surface area contributed by atoms with Gasteiger partial charge in [-0.25, -0.2) is 0 Å². The second-order valence-corrected chi connectivity index (χ2v) is 16.2. The van der Waals surface area contributed by atoms with Gasteiger partial charge in [-0.1, -0.05) is 33.8 Å². The predicted molar refractivity (Wildman–Crippen MR) is 116 cm³/mol. The molecule has 0 aromatic heterocycles. The number of aryl methyl sites for hydroxylation is 1. The topological polar surface area (TPSA) is 49.7 Å². The summed E-state index contributed by atoms with van der Waals surface area (Å²) in [6.45, 7) is 13.9. The Hall–Kier alpha value is -0.843. The number of hydrogen-bond donors (Lipinski definition) is 2. The van der Waals surface area contributed by atoms with Crippen molar-refractivity contribution in [2.24, 2.45) is 17.3 Å². The number of hydrogen-bond acceptors (Lipinski definition) is 3. The number of fused-ring (bicyclic) bond motifs is 5. The van der Waals surface area contributed by atoms with Crippen molar-refractivity contribution in [2.45, 2.75) is 96.1 Å². The van der Waals surface area contributed by atoms with E-state index in [1.165, 1.54) is 24.0 Å². The van der Waals surface area contributed by atoms with E-state index in [2.05, 4.69) is 46.9 Å². The highest BCUT2D eigenvalue weighted by atomic mass is 28.4. The van der Waals surface area contributed by atoms with Crippen LogP contribution < -0.4 is 0 Å². The van der Waals surface area contributed by atoms with Gasteiger partial charge in [-0.05, 0) is 96.7 Å². The summed E-state index contributed by atoms with van der Waals surface area (Å²) < 4.78 is 6.87. The number of aliphatic hydroxyl groups excluding tert-OH is 1. The smallest absolute Gasteiger partial charge is 0.192 e. The van der Waals surface area contributed by atoms with Crippen LogP contribution in [0.3, 0.4) is 0 Å². The van der Waals surface area contributed by atoms with Gasteiger partial charge in [0.1, 0.15) is 5.75 Å². The van der Waals surface area contributed by atoms with Crippen LogP contribution in [0, 0.1) is 17.3 Å². The molecule has 2 fully saturated rings. The van der Waals surface area contributed by atoms with E-state index in [0.29, 0.717) is 23.5 Å². The second kappa shape index (κ2) is 6.58. The van der Waals surface area contributed by atoms with Gasteiger partial charge in [-0.2, -0.15) is 0 Å². The molecule has 4 rings (SSSR count). The Morgan fingerprint density at radius 1 is 1.18 bits per heavy atom. The van der Waals surface area contributed by atoms with E-state index in [4.69, 9.17) is 4.43 Å². The summed E-state index contributed by atoms with van der Waals surface area (Å²) in [7, 11) is -1.93. The van der Waals surface area contributed by atoms with Crippen molar-refractivity contribution < 1.29 is 14.6 Å². The molecule has 0 heterocycles. The van der Waals surface area contributed by atoms with Gasteiger partial charge in [0.2, 0.25) is 0 Å². The van der Waals surface area contributed by atoms with Gasteiger partial charge < -0.3 is 14.6 Å². The van der Waals surface area contributed by atoms with E-state index in [-0.39, 0.29) is 22.7 Å². The molecule has 3 nitrogen and oxygen atoms in total. The van der Waals surface area contributed by atoms with Crippen molar-refractivity contribution in [1.82, 2.24) is 0 Å². The molecule has 6 atom stereocenters. The molecule has 1 aromatic carbocycles. The zero-order valence-corrected chi connectivity index (χ0v) is 19.5. The molecule has 28 heavy (non-hydrogen) atoms. The quantitative estimate of drug-likeness (QED) is 0.632. The highest BCUT2D eigenvalue weighted by molar-refractivity contribution is 6.74. The first-order valence-electron chi connectivity index (χ1n) is 11.1. The molecule has 0 spiro atoms. The zero-order chi connectivity index (χ0) is 20.5. The largest absolute Gasteiger partial charge is 0.508 e. The van der Waals surface area contributed by atoms with Crippen LogP contribution in [-0.4, -0.2) is 30.7 Å². The molecule has 3 aliphatic carbocycles. The summed E-state index contributed by atoms with van der Waals surface area (Å²) in [4.78, 5) is 0. The van der Waals surface area contributed by atoms with Gasteiger partial charge in [0, 0.05) is 0 Å². The fourth-order valence-electron chi connectivity index (χ4n) is 6.24. The third kappa shape index (κ3) is 3.07. The van der Waals surface area contributed by atoms with Gasteiger partial charge >= 0.3 is 0 Å². The summed E-state index contributed by atoms with van der Waals surface area (Å²) in [5.41, 5.74) is 2.85. The first-order valence-corrected chi connectivity index (χ1v) is 14.0. The molecular weight excluding hydrogens is 364 g/mol. The Morgan fingerprint density at radius 3 is 2.57 bits per heavy atom. The predicted octanol–water partition coefficient (Wildman–Crippen LogP) is 5.61. The van der Waals surface area contributed by atoms with E-state index >= 15 is 0 Å². The van der Waals surface area contributed by atoms with Crippen molar-refractivity contribution in [3.8, 4) is 5.75 Å². The summed E-state index contributed by atoms with van der Waals surface area (Å²) in [5, 5.41) is 21.1. The van der Waals surface area contributed by atoms with Crippen molar-refractivity contribution in [3.63, 3.8) is 0 Å². The van der Waals surface area contributed by atoms with E-state index in [9.17, 15) is 10.2 Å². The highest BCUT2D eigenvalue weighted by Crippen LogP contribution is 2.62. The molecule has 0 radical (unpaired) electrons. The third-order valence-corrected chi connectivity index (χ3v) is 13.3. The molecule has 4 heteroatoms. The summed E-state index contributed by atoms with van der Waals surface area (Å²) in [6.07, 6.45) is 5.01. The molecule has 0 bridgehead atoms. The number of phenolic OH excluding ortho intramolecular Hbond substituents is 1. The van der Waals surface area contributed by atoms with Crippen LogP contribution in [0.4, 0.5) is 0 Å². The molecule has 1 aromatic rings. The van der Waals surface area contributed by atoms with Gasteiger partial charge in [-0.15, -0.1) is 0 Å². The molecule has 0 amide bonds. The van der Waals surface area contributed by atoms with Gasteiger partial charge in [0.05, 0.1) is 12.2 Å². The lowest BCUT2D eigenvalue weighted by Gasteiger charge is -2.52. The maximum absolute atomic E-state index is 11.1.